The Morgan fingerprint density at radius 3 is 2.55 bits per heavy atom. The molecule has 2 aromatic rings. The summed E-state index contributed by atoms with van der Waals surface area (Å²) in [6.45, 7) is 7.72. The van der Waals surface area contributed by atoms with E-state index in [-0.39, 0.29) is 5.91 Å². The number of hydrogen-bond acceptors (Lipinski definition) is 2. The van der Waals surface area contributed by atoms with Gasteiger partial charge in [-0.3, -0.25) is 4.79 Å². The number of carbonyl (C=O) groups is 1. The van der Waals surface area contributed by atoms with Crippen LogP contribution in [0.4, 0.5) is 0 Å². The average Bonchev–Trinajstić information content (AvgIpc) is 2.84. The quantitative estimate of drug-likeness (QED) is 0.854. The third-order valence-electron chi connectivity index (χ3n) is 4.39. The minimum absolute atomic E-state index is 0.0994. The lowest BCUT2D eigenvalue weighted by Gasteiger charge is -2.27. The standard InChI is InChI=1S/C18H23N3O/c1-12(2)17-19-15-11-21(10-9-16(15)20(17)4)18(22)14-7-5-13(3)6-8-14/h5-8,12H,9-11H2,1-4H3. The van der Waals surface area contributed by atoms with Crippen molar-refractivity contribution in [2.45, 2.75) is 39.7 Å². The molecule has 0 N–H and O–H groups in total. The molecule has 1 aromatic heterocycles. The van der Waals surface area contributed by atoms with E-state index in [9.17, 15) is 4.79 Å². The van der Waals surface area contributed by atoms with Crippen LogP contribution in [0.15, 0.2) is 24.3 Å². The number of carbonyl (C=O) groups excluding carboxylic acids is 1. The van der Waals surface area contributed by atoms with Gasteiger partial charge in [0.1, 0.15) is 5.82 Å². The lowest BCUT2D eigenvalue weighted by Crippen LogP contribution is -2.36. The highest BCUT2D eigenvalue weighted by Crippen LogP contribution is 2.24. The number of rotatable bonds is 2. The van der Waals surface area contributed by atoms with E-state index in [2.05, 4.69) is 25.5 Å². The molecule has 0 saturated heterocycles. The lowest BCUT2D eigenvalue weighted by atomic mass is 10.1. The number of aryl methyl sites for hydroxylation is 1. The van der Waals surface area contributed by atoms with Crippen LogP contribution in [0.5, 0.6) is 0 Å². The summed E-state index contributed by atoms with van der Waals surface area (Å²) in [7, 11) is 2.08. The van der Waals surface area contributed by atoms with Crippen molar-refractivity contribution in [1.82, 2.24) is 14.5 Å². The van der Waals surface area contributed by atoms with Crippen molar-refractivity contribution in [3.63, 3.8) is 0 Å². The first-order chi connectivity index (χ1) is 10.5. The van der Waals surface area contributed by atoms with Gasteiger partial charge >= 0.3 is 0 Å². The Hall–Kier alpha value is -2.10. The van der Waals surface area contributed by atoms with Gasteiger partial charge in [-0.05, 0) is 19.1 Å². The molecule has 22 heavy (non-hydrogen) atoms. The Labute approximate surface area is 131 Å². The second-order valence-electron chi connectivity index (χ2n) is 6.42. The van der Waals surface area contributed by atoms with E-state index in [0.717, 1.165) is 30.0 Å². The predicted molar refractivity (Wildman–Crippen MR) is 86.9 cm³/mol. The Balaban J connectivity index is 1.83. The molecule has 0 aliphatic carbocycles. The highest BCUT2D eigenvalue weighted by Gasteiger charge is 2.26. The third kappa shape index (κ3) is 2.54. The van der Waals surface area contributed by atoms with Gasteiger partial charge in [-0.15, -0.1) is 0 Å². The molecule has 1 amide bonds. The van der Waals surface area contributed by atoms with Gasteiger partial charge in [-0.2, -0.15) is 0 Å². The van der Waals surface area contributed by atoms with Crippen LogP contribution in [-0.2, 0) is 20.0 Å². The molecule has 4 heteroatoms. The maximum Gasteiger partial charge on any atom is 0.254 e. The molecule has 0 atom stereocenters. The molecular weight excluding hydrogens is 274 g/mol. The first-order valence-electron chi connectivity index (χ1n) is 7.87. The fourth-order valence-corrected chi connectivity index (χ4v) is 3.12. The molecule has 116 valence electrons. The molecule has 1 aromatic carbocycles. The van der Waals surface area contributed by atoms with Gasteiger partial charge < -0.3 is 9.47 Å². The normalized spacial score (nSPS) is 14.3. The van der Waals surface area contributed by atoms with Crippen molar-refractivity contribution in [1.29, 1.82) is 0 Å². The zero-order valence-corrected chi connectivity index (χ0v) is 13.8. The summed E-state index contributed by atoms with van der Waals surface area (Å²) in [5.41, 5.74) is 4.26. The van der Waals surface area contributed by atoms with Gasteiger partial charge in [0.05, 0.1) is 12.2 Å². The first-order valence-corrected chi connectivity index (χ1v) is 7.87. The largest absolute Gasteiger partial charge is 0.334 e. The fraction of sp³-hybridized carbons (Fsp3) is 0.444. The van der Waals surface area contributed by atoms with E-state index in [4.69, 9.17) is 4.98 Å². The fourth-order valence-electron chi connectivity index (χ4n) is 3.12. The summed E-state index contributed by atoms with van der Waals surface area (Å²) in [5, 5.41) is 0. The van der Waals surface area contributed by atoms with Crippen LogP contribution in [0.1, 0.15) is 52.9 Å². The second-order valence-corrected chi connectivity index (χ2v) is 6.42. The van der Waals surface area contributed by atoms with Crippen molar-refractivity contribution < 1.29 is 4.79 Å². The number of imidazole rings is 1. The lowest BCUT2D eigenvalue weighted by molar-refractivity contribution is 0.0731. The average molecular weight is 297 g/mol. The molecule has 0 bridgehead atoms. The molecule has 2 heterocycles. The van der Waals surface area contributed by atoms with Crippen LogP contribution in [-0.4, -0.2) is 26.9 Å². The Morgan fingerprint density at radius 2 is 1.91 bits per heavy atom. The van der Waals surface area contributed by atoms with Gasteiger partial charge in [0.15, 0.2) is 0 Å². The van der Waals surface area contributed by atoms with E-state index >= 15 is 0 Å². The summed E-state index contributed by atoms with van der Waals surface area (Å²) in [5.74, 6) is 1.61. The van der Waals surface area contributed by atoms with Gasteiger partial charge in [0.25, 0.3) is 5.91 Å². The summed E-state index contributed by atoms with van der Waals surface area (Å²) < 4.78 is 2.20. The number of fused-ring (bicyclic) bond motifs is 1. The summed E-state index contributed by atoms with van der Waals surface area (Å²) in [6, 6.07) is 7.79. The molecular formula is C18H23N3O. The molecule has 4 nitrogen and oxygen atoms in total. The van der Waals surface area contributed by atoms with E-state index in [0.29, 0.717) is 12.5 Å². The number of nitrogens with zero attached hydrogens (tertiary/aromatic N) is 3. The first kappa shape index (κ1) is 14.8. The molecule has 0 spiro atoms. The monoisotopic (exact) mass is 297 g/mol. The highest BCUT2D eigenvalue weighted by atomic mass is 16.2. The summed E-state index contributed by atoms with van der Waals surface area (Å²) >= 11 is 0. The maximum absolute atomic E-state index is 12.6. The molecule has 1 aliphatic heterocycles. The second kappa shape index (κ2) is 5.59. The SMILES string of the molecule is Cc1ccc(C(=O)N2CCc3c(nc(C(C)C)n3C)C2)cc1. The van der Waals surface area contributed by atoms with Crippen molar-refractivity contribution >= 4 is 5.91 Å². The number of aromatic nitrogens is 2. The molecule has 1 aliphatic rings. The molecule has 0 unspecified atom stereocenters. The van der Waals surface area contributed by atoms with Crippen LogP contribution < -0.4 is 0 Å². The Kier molecular flexibility index (Phi) is 3.77. The predicted octanol–water partition coefficient (Wildman–Crippen LogP) is 3.05. The van der Waals surface area contributed by atoms with Gasteiger partial charge in [-0.25, -0.2) is 4.98 Å². The van der Waals surface area contributed by atoms with Crippen molar-refractivity contribution in [3.05, 3.63) is 52.6 Å². The topological polar surface area (TPSA) is 38.1 Å². The summed E-state index contributed by atoms with van der Waals surface area (Å²) in [6.07, 6.45) is 0.878. The van der Waals surface area contributed by atoms with Gasteiger partial charge in [0.2, 0.25) is 0 Å². The Morgan fingerprint density at radius 1 is 1.23 bits per heavy atom. The number of hydrogen-bond donors (Lipinski definition) is 0. The van der Waals surface area contributed by atoms with E-state index in [1.54, 1.807) is 0 Å². The molecule has 3 rings (SSSR count). The van der Waals surface area contributed by atoms with Crippen LogP contribution in [0.2, 0.25) is 0 Å². The van der Waals surface area contributed by atoms with Crippen molar-refractivity contribution in [2.75, 3.05) is 6.54 Å². The van der Waals surface area contributed by atoms with Crippen molar-refractivity contribution in [3.8, 4) is 0 Å². The third-order valence-corrected chi connectivity index (χ3v) is 4.39. The zero-order chi connectivity index (χ0) is 15.9. The van der Waals surface area contributed by atoms with Crippen LogP contribution >= 0.6 is 0 Å². The Bertz CT molecular complexity index is 698. The van der Waals surface area contributed by atoms with Crippen molar-refractivity contribution in [2.24, 2.45) is 7.05 Å². The van der Waals surface area contributed by atoms with Crippen LogP contribution in [0, 0.1) is 6.92 Å². The highest BCUT2D eigenvalue weighted by molar-refractivity contribution is 5.94. The van der Waals surface area contributed by atoms with E-state index in [1.165, 1.54) is 11.3 Å². The van der Waals surface area contributed by atoms with E-state index < -0.39 is 0 Å². The number of benzene rings is 1. The molecule has 0 saturated carbocycles. The minimum atomic E-state index is 0.0994. The molecule has 0 radical (unpaired) electrons. The van der Waals surface area contributed by atoms with Gasteiger partial charge in [0, 0.05) is 37.2 Å². The van der Waals surface area contributed by atoms with Crippen LogP contribution in [0.25, 0.3) is 0 Å². The van der Waals surface area contributed by atoms with E-state index in [1.807, 2.05) is 36.1 Å². The summed E-state index contributed by atoms with van der Waals surface area (Å²) in [4.78, 5) is 19.3. The van der Waals surface area contributed by atoms with Gasteiger partial charge in [-0.1, -0.05) is 31.5 Å². The zero-order valence-electron chi connectivity index (χ0n) is 13.8. The minimum Gasteiger partial charge on any atom is -0.334 e. The van der Waals surface area contributed by atoms with Crippen LogP contribution in [0.3, 0.4) is 0 Å². The maximum atomic E-state index is 12.6. The smallest absolute Gasteiger partial charge is 0.254 e. The molecule has 0 fully saturated rings. The number of amides is 1.